The molecule has 1 aromatic carbocycles. The van der Waals surface area contributed by atoms with Gasteiger partial charge < -0.3 is 19.7 Å². The van der Waals surface area contributed by atoms with Crippen molar-refractivity contribution in [2.24, 2.45) is 0 Å². The Morgan fingerprint density at radius 3 is 2.42 bits per heavy atom. The molecule has 0 saturated carbocycles. The number of carboxylic acids is 1. The summed E-state index contributed by atoms with van der Waals surface area (Å²) in [5, 5.41) is 11.9. The highest BCUT2D eigenvalue weighted by molar-refractivity contribution is 5.96. The van der Waals surface area contributed by atoms with Crippen LogP contribution in [0.1, 0.15) is 35.1 Å². The molecule has 1 unspecified atom stereocenters. The van der Waals surface area contributed by atoms with Gasteiger partial charge in [-0.2, -0.15) is 0 Å². The van der Waals surface area contributed by atoms with Gasteiger partial charge in [-0.15, -0.1) is 0 Å². The predicted octanol–water partition coefficient (Wildman–Crippen LogP) is 2.84. The summed E-state index contributed by atoms with van der Waals surface area (Å²) >= 11 is 0. The molecule has 1 atom stereocenters. The van der Waals surface area contributed by atoms with Crippen LogP contribution in [0, 0.1) is 19.7 Å². The van der Waals surface area contributed by atoms with Crippen LogP contribution in [0.3, 0.4) is 0 Å². The predicted molar refractivity (Wildman–Crippen MR) is 95.2 cm³/mol. The van der Waals surface area contributed by atoms with Gasteiger partial charge >= 0.3 is 5.97 Å². The van der Waals surface area contributed by atoms with Crippen molar-refractivity contribution in [2.75, 3.05) is 13.7 Å². The first-order valence-electron chi connectivity index (χ1n) is 8.15. The van der Waals surface area contributed by atoms with Crippen molar-refractivity contribution in [3.05, 3.63) is 53.1 Å². The molecular weight excluding hydrogens is 339 g/mol. The Labute approximate surface area is 151 Å². The van der Waals surface area contributed by atoms with Crippen LogP contribution >= 0.6 is 0 Å². The number of carbonyl (C=O) groups is 2. The number of nitrogens with zero attached hydrogens (tertiary/aromatic N) is 1. The molecule has 0 radical (unpaired) electrons. The Morgan fingerprint density at radius 1 is 1.27 bits per heavy atom. The first-order chi connectivity index (χ1) is 12.2. The molecule has 0 aliphatic carbocycles. The zero-order valence-electron chi connectivity index (χ0n) is 15.3. The third-order valence-electron chi connectivity index (χ3n) is 4.18. The topological polar surface area (TPSA) is 80.6 Å². The summed E-state index contributed by atoms with van der Waals surface area (Å²) < 4.78 is 20.1. The summed E-state index contributed by atoms with van der Waals surface area (Å²) in [6, 6.07) is 7.71. The first-order valence-corrected chi connectivity index (χ1v) is 8.15. The van der Waals surface area contributed by atoms with Crippen LogP contribution in [0.5, 0.6) is 0 Å². The number of amides is 1. The maximum Gasteiger partial charge on any atom is 0.305 e. The SMILES string of the molecule is COCC(C)(CC(=O)O)NC(=O)c1cc(C)n(-c2ccc(F)cc2)c1C. The van der Waals surface area contributed by atoms with E-state index >= 15 is 0 Å². The second kappa shape index (κ2) is 7.70. The van der Waals surface area contributed by atoms with Crippen LogP contribution in [0.4, 0.5) is 4.39 Å². The molecule has 26 heavy (non-hydrogen) atoms. The highest BCUT2D eigenvalue weighted by Crippen LogP contribution is 2.22. The van der Waals surface area contributed by atoms with Gasteiger partial charge in [-0.25, -0.2) is 4.39 Å². The maximum absolute atomic E-state index is 13.2. The molecule has 0 fully saturated rings. The van der Waals surface area contributed by atoms with Crippen LogP contribution in [-0.2, 0) is 9.53 Å². The van der Waals surface area contributed by atoms with Crippen molar-refractivity contribution in [1.29, 1.82) is 0 Å². The molecule has 7 heteroatoms. The zero-order valence-corrected chi connectivity index (χ0v) is 15.3. The lowest BCUT2D eigenvalue weighted by molar-refractivity contribution is -0.139. The minimum Gasteiger partial charge on any atom is -0.481 e. The molecule has 0 aliphatic heterocycles. The summed E-state index contributed by atoms with van der Waals surface area (Å²) in [6.45, 7) is 5.33. The van der Waals surface area contributed by atoms with Gasteiger partial charge in [-0.05, 0) is 51.1 Å². The number of aryl methyl sites for hydroxylation is 1. The maximum atomic E-state index is 13.2. The molecule has 1 aromatic heterocycles. The second-order valence-electron chi connectivity index (χ2n) is 6.61. The highest BCUT2D eigenvalue weighted by Gasteiger charge is 2.31. The van der Waals surface area contributed by atoms with Crippen LogP contribution in [0.15, 0.2) is 30.3 Å². The van der Waals surface area contributed by atoms with Crippen molar-refractivity contribution in [2.45, 2.75) is 32.7 Å². The van der Waals surface area contributed by atoms with Gasteiger partial charge in [-0.3, -0.25) is 9.59 Å². The van der Waals surface area contributed by atoms with Gasteiger partial charge in [0.15, 0.2) is 0 Å². The van der Waals surface area contributed by atoms with E-state index in [2.05, 4.69) is 5.32 Å². The van der Waals surface area contributed by atoms with E-state index in [1.807, 2.05) is 11.5 Å². The van der Waals surface area contributed by atoms with Gasteiger partial charge in [0.25, 0.3) is 5.91 Å². The van der Waals surface area contributed by atoms with Gasteiger partial charge in [0, 0.05) is 24.2 Å². The monoisotopic (exact) mass is 362 g/mol. The van der Waals surface area contributed by atoms with Gasteiger partial charge in [0.05, 0.1) is 24.1 Å². The third kappa shape index (κ3) is 4.29. The van der Waals surface area contributed by atoms with E-state index in [0.717, 1.165) is 11.4 Å². The Morgan fingerprint density at radius 2 is 1.88 bits per heavy atom. The lowest BCUT2D eigenvalue weighted by atomic mass is 9.98. The Bertz CT molecular complexity index is 814. The molecule has 0 aliphatic rings. The molecule has 140 valence electrons. The van der Waals surface area contributed by atoms with Crippen molar-refractivity contribution in [3.8, 4) is 5.69 Å². The van der Waals surface area contributed by atoms with E-state index in [1.54, 1.807) is 32.0 Å². The number of ether oxygens (including phenoxy) is 1. The molecule has 2 rings (SSSR count). The summed E-state index contributed by atoms with van der Waals surface area (Å²) in [7, 11) is 1.45. The fourth-order valence-electron chi connectivity index (χ4n) is 3.11. The average Bonchev–Trinajstić information content (AvgIpc) is 2.82. The number of rotatable bonds is 7. The van der Waals surface area contributed by atoms with E-state index in [0.29, 0.717) is 11.3 Å². The number of carboxylic acid groups (broad SMARTS) is 1. The highest BCUT2D eigenvalue weighted by atomic mass is 19.1. The normalized spacial score (nSPS) is 13.3. The van der Waals surface area contributed by atoms with Crippen molar-refractivity contribution in [3.63, 3.8) is 0 Å². The number of nitrogens with one attached hydrogen (secondary N) is 1. The van der Waals surface area contributed by atoms with Gasteiger partial charge in [-0.1, -0.05) is 0 Å². The third-order valence-corrected chi connectivity index (χ3v) is 4.18. The number of hydrogen-bond acceptors (Lipinski definition) is 3. The van der Waals surface area contributed by atoms with Crippen LogP contribution in [0.2, 0.25) is 0 Å². The van der Waals surface area contributed by atoms with E-state index in [-0.39, 0.29) is 24.8 Å². The standard InChI is InChI=1S/C19H23FN2O4/c1-12-9-16(13(2)22(12)15-7-5-14(20)6-8-15)18(25)21-19(3,11-26-4)10-17(23)24/h5-9H,10-11H2,1-4H3,(H,21,25)(H,23,24). The lowest BCUT2D eigenvalue weighted by Gasteiger charge is -2.28. The summed E-state index contributed by atoms with van der Waals surface area (Å²) in [5.41, 5.74) is 1.63. The number of aromatic nitrogens is 1. The molecule has 2 aromatic rings. The van der Waals surface area contributed by atoms with Crippen molar-refractivity contribution in [1.82, 2.24) is 9.88 Å². The first kappa shape index (κ1) is 19.7. The van der Waals surface area contributed by atoms with Crippen LogP contribution in [0.25, 0.3) is 5.69 Å². The van der Waals surface area contributed by atoms with E-state index in [9.17, 15) is 14.0 Å². The molecule has 1 heterocycles. The quantitative estimate of drug-likeness (QED) is 0.794. The van der Waals surface area contributed by atoms with E-state index in [1.165, 1.54) is 19.2 Å². The smallest absolute Gasteiger partial charge is 0.305 e. The molecule has 6 nitrogen and oxygen atoms in total. The molecule has 2 N–H and O–H groups in total. The minimum atomic E-state index is -1.03. The summed E-state index contributed by atoms with van der Waals surface area (Å²) in [5.74, 6) is -1.74. The fraction of sp³-hybridized carbons (Fsp3) is 0.368. The summed E-state index contributed by atoms with van der Waals surface area (Å²) in [6.07, 6.45) is -0.261. The summed E-state index contributed by atoms with van der Waals surface area (Å²) in [4.78, 5) is 23.9. The van der Waals surface area contributed by atoms with E-state index in [4.69, 9.17) is 9.84 Å². The number of halogens is 1. The van der Waals surface area contributed by atoms with Gasteiger partial charge in [0.2, 0.25) is 0 Å². The molecule has 0 saturated heterocycles. The Balaban J connectivity index is 2.34. The number of methoxy groups -OCH3 is 1. The van der Waals surface area contributed by atoms with Gasteiger partial charge in [0.1, 0.15) is 5.82 Å². The molecule has 1 amide bonds. The minimum absolute atomic E-state index is 0.0712. The molecular formula is C19H23FN2O4. The number of carbonyl (C=O) groups excluding carboxylic acids is 1. The van der Waals surface area contributed by atoms with Crippen molar-refractivity contribution < 1.29 is 23.8 Å². The Hall–Kier alpha value is -2.67. The average molecular weight is 362 g/mol. The number of aliphatic carboxylic acids is 1. The van der Waals surface area contributed by atoms with Crippen LogP contribution in [-0.4, -0.2) is 40.8 Å². The lowest BCUT2D eigenvalue weighted by Crippen LogP contribution is -2.50. The number of hydrogen-bond donors (Lipinski definition) is 2. The fourth-order valence-corrected chi connectivity index (χ4v) is 3.11. The van der Waals surface area contributed by atoms with E-state index < -0.39 is 11.5 Å². The van der Waals surface area contributed by atoms with Crippen LogP contribution < -0.4 is 5.32 Å². The molecule has 0 spiro atoms. The number of benzene rings is 1. The zero-order chi connectivity index (χ0) is 19.5. The van der Waals surface area contributed by atoms with Crippen molar-refractivity contribution >= 4 is 11.9 Å². The molecule has 0 bridgehead atoms. The second-order valence-corrected chi connectivity index (χ2v) is 6.61. The largest absolute Gasteiger partial charge is 0.481 e. The Kier molecular flexibility index (Phi) is 5.82.